The van der Waals surface area contributed by atoms with Crippen LogP contribution in [0.4, 0.5) is 4.39 Å². The van der Waals surface area contributed by atoms with E-state index in [2.05, 4.69) is 17.4 Å². The minimum absolute atomic E-state index is 0.0114. The SMILES string of the molecule is Fc1ccc(C2(COCc3ccccc3)CNC2)cc1. The molecule has 1 saturated heterocycles. The Bertz CT molecular complexity index is 549. The number of hydrogen-bond donors (Lipinski definition) is 1. The van der Waals surface area contributed by atoms with E-state index in [-0.39, 0.29) is 11.2 Å². The Kier molecular flexibility index (Phi) is 3.81. The number of nitrogens with one attached hydrogen (secondary N) is 1. The number of ether oxygens (including phenoxy) is 1. The molecule has 1 aliphatic rings. The molecule has 20 heavy (non-hydrogen) atoms. The van der Waals surface area contributed by atoms with Crippen molar-refractivity contribution < 1.29 is 9.13 Å². The average molecular weight is 271 g/mol. The van der Waals surface area contributed by atoms with Gasteiger partial charge in [-0.2, -0.15) is 0 Å². The second kappa shape index (κ2) is 5.73. The number of halogens is 1. The molecule has 1 fully saturated rings. The van der Waals surface area contributed by atoms with Crippen LogP contribution in [0.1, 0.15) is 11.1 Å². The van der Waals surface area contributed by atoms with Crippen molar-refractivity contribution >= 4 is 0 Å². The van der Waals surface area contributed by atoms with Crippen LogP contribution in [-0.2, 0) is 16.8 Å². The Morgan fingerprint density at radius 1 is 1.00 bits per heavy atom. The molecule has 2 aromatic rings. The summed E-state index contributed by atoms with van der Waals surface area (Å²) in [5.74, 6) is -0.193. The molecule has 3 heteroatoms. The normalized spacial score (nSPS) is 16.6. The van der Waals surface area contributed by atoms with Gasteiger partial charge in [-0.25, -0.2) is 4.39 Å². The monoisotopic (exact) mass is 271 g/mol. The van der Waals surface area contributed by atoms with Crippen LogP contribution in [0.2, 0.25) is 0 Å². The minimum atomic E-state index is -0.193. The highest BCUT2D eigenvalue weighted by atomic mass is 19.1. The van der Waals surface area contributed by atoms with Crippen molar-refractivity contribution in [3.63, 3.8) is 0 Å². The fraction of sp³-hybridized carbons (Fsp3) is 0.294. The first-order valence-corrected chi connectivity index (χ1v) is 6.87. The summed E-state index contributed by atoms with van der Waals surface area (Å²) in [7, 11) is 0. The van der Waals surface area contributed by atoms with E-state index in [0.29, 0.717) is 13.2 Å². The highest BCUT2D eigenvalue weighted by Crippen LogP contribution is 2.29. The molecule has 0 bridgehead atoms. The zero-order valence-electron chi connectivity index (χ0n) is 11.3. The summed E-state index contributed by atoms with van der Waals surface area (Å²) in [5.41, 5.74) is 2.31. The third-order valence-corrected chi connectivity index (χ3v) is 3.87. The van der Waals surface area contributed by atoms with E-state index >= 15 is 0 Å². The molecule has 0 unspecified atom stereocenters. The summed E-state index contributed by atoms with van der Waals surface area (Å²) >= 11 is 0. The lowest BCUT2D eigenvalue weighted by Crippen LogP contribution is -2.59. The van der Waals surface area contributed by atoms with Gasteiger partial charge in [-0.1, -0.05) is 42.5 Å². The lowest BCUT2D eigenvalue weighted by atomic mass is 9.76. The fourth-order valence-electron chi connectivity index (χ4n) is 2.56. The van der Waals surface area contributed by atoms with E-state index in [4.69, 9.17) is 4.74 Å². The molecular weight excluding hydrogens is 253 g/mol. The van der Waals surface area contributed by atoms with Crippen molar-refractivity contribution in [2.45, 2.75) is 12.0 Å². The lowest BCUT2D eigenvalue weighted by Gasteiger charge is -2.43. The summed E-state index contributed by atoms with van der Waals surface area (Å²) in [6.07, 6.45) is 0. The van der Waals surface area contributed by atoms with Crippen LogP contribution in [0, 0.1) is 5.82 Å². The molecule has 0 atom stereocenters. The lowest BCUT2D eigenvalue weighted by molar-refractivity contribution is 0.0472. The Hall–Kier alpha value is -1.71. The summed E-state index contributed by atoms with van der Waals surface area (Å²) in [5, 5.41) is 3.29. The molecule has 3 rings (SSSR count). The minimum Gasteiger partial charge on any atom is -0.376 e. The van der Waals surface area contributed by atoms with E-state index in [1.165, 1.54) is 17.7 Å². The molecule has 1 N–H and O–H groups in total. The maximum absolute atomic E-state index is 13.0. The van der Waals surface area contributed by atoms with Crippen LogP contribution >= 0.6 is 0 Å². The molecular formula is C17H18FNO. The van der Waals surface area contributed by atoms with Crippen molar-refractivity contribution in [3.05, 3.63) is 71.5 Å². The van der Waals surface area contributed by atoms with Crippen molar-refractivity contribution in [2.24, 2.45) is 0 Å². The van der Waals surface area contributed by atoms with Gasteiger partial charge in [0.2, 0.25) is 0 Å². The van der Waals surface area contributed by atoms with E-state index < -0.39 is 0 Å². The number of benzene rings is 2. The van der Waals surface area contributed by atoms with Crippen LogP contribution in [0.5, 0.6) is 0 Å². The van der Waals surface area contributed by atoms with Gasteiger partial charge in [0.05, 0.1) is 13.2 Å². The van der Waals surface area contributed by atoms with Crippen LogP contribution in [0.25, 0.3) is 0 Å². The molecule has 2 nitrogen and oxygen atoms in total. The fourth-order valence-corrected chi connectivity index (χ4v) is 2.56. The molecule has 104 valence electrons. The zero-order chi connectivity index (χ0) is 13.8. The highest BCUT2D eigenvalue weighted by Gasteiger charge is 2.38. The summed E-state index contributed by atoms with van der Waals surface area (Å²) < 4.78 is 18.9. The molecule has 1 aliphatic heterocycles. The predicted octanol–water partition coefficient (Wildman–Crippen LogP) is 2.88. The van der Waals surface area contributed by atoms with E-state index in [0.717, 1.165) is 18.7 Å². The van der Waals surface area contributed by atoms with Crippen molar-refractivity contribution in [1.29, 1.82) is 0 Å². The van der Waals surface area contributed by atoms with Gasteiger partial charge in [0.25, 0.3) is 0 Å². The zero-order valence-corrected chi connectivity index (χ0v) is 11.3. The molecule has 0 spiro atoms. The smallest absolute Gasteiger partial charge is 0.123 e. The van der Waals surface area contributed by atoms with Crippen molar-refractivity contribution in [2.75, 3.05) is 19.7 Å². The van der Waals surface area contributed by atoms with Crippen molar-refractivity contribution in [3.8, 4) is 0 Å². The maximum Gasteiger partial charge on any atom is 0.123 e. The molecule has 2 aromatic carbocycles. The molecule has 0 radical (unpaired) electrons. The standard InChI is InChI=1S/C17H18FNO/c18-16-8-6-15(7-9-16)17(11-19-12-17)13-20-10-14-4-2-1-3-5-14/h1-9,19H,10-13H2. The highest BCUT2D eigenvalue weighted by molar-refractivity contribution is 5.30. The number of hydrogen-bond acceptors (Lipinski definition) is 2. The third-order valence-electron chi connectivity index (χ3n) is 3.87. The van der Waals surface area contributed by atoms with Crippen LogP contribution in [0.3, 0.4) is 0 Å². The average Bonchev–Trinajstić information content (AvgIpc) is 2.44. The van der Waals surface area contributed by atoms with Crippen LogP contribution < -0.4 is 5.32 Å². The molecule has 0 aromatic heterocycles. The second-order valence-electron chi connectivity index (χ2n) is 5.37. The van der Waals surface area contributed by atoms with Gasteiger partial charge in [0, 0.05) is 18.5 Å². The van der Waals surface area contributed by atoms with Gasteiger partial charge in [-0.15, -0.1) is 0 Å². The molecule has 0 saturated carbocycles. The van der Waals surface area contributed by atoms with Crippen molar-refractivity contribution in [1.82, 2.24) is 5.32 Å². The number of rotatable bonds is 5. The quantitative estimate of drug-likeness (QED) is 0.903. The van der Waals surface area contributed by atoms with Gasteiger partial charge >= 0.3 is 0 Å². The van der Waals surface area contributed by atoms with Gasteiger partial charge in [0.1, 0.15) is 5.82 Å². The van der Waals surface area contributed by atoms with Crippen LogP contribution in [0.15, 0.2) is 54.6 Å². The first-order valence-electron chi connectivity index (χ1n) is 6.87. The second-order valence-corrected chi connectivity index (χ2v) is 5.37. The molecule has 1 heterocycles. The first kappa shape index (κ1) is 13.3. The van der Waals surface area contributed by atoms with E-state index in [9.17, 15) is 4.39 Å². The van der Waals surface area contributed by atoms with Gasteiger partial charge < -0.3 is 10.1 Å². The molecule has 0 aliphatic carbocycles. The first-order chi connectivity index (χ1) is 9.78. The predicted molar refractivity (Wildman–Crippen MR) is 77.0 cm³/mol. The maximum atomic E-state index is 13.0. The van der Waals surface area contributed by atoms with E-state index in [1.807, 2.05) is 30.3 Å². The summed E-state index contributed by atoms with van der Waals surface area (Å²) in [6, 6.07) is 16.9. The van der Waals surface area contributed by atoms with Gasteiger partial charge in [-0.3, -0.25) is 0 Å². The Morgan fingerprint density at radius 2 is 1.70 bits per heavy atom. The summed E-state index contributed by atoms with van der Waals surface area (Å²) in [4.78, 5) is 0. The Morgan fingerprint density at radius 3 is 2.30 bits per heavy atom. The molecule has 0 amide bonds. The topological polar surface area (TPSA) is 21.3 Å². The summed E-state index contributed by atoms with van der Waals surface area (Å²) in [6.45, 7) is 3.03. The largest absolute Gasteiger partial charge is 0.376 e. The Labute approximate surface area is 118 Å². The Balaban J connectivity index is 1.63. The van der Waals surface area contributed by atoms with Gasteiger partial charge in [-0.05, 0) is 23.3 Å². The third kappa shape index (κ3) is 2.74. The van der Waals surface area contributed by atoms with Crippen LogP contribution in [-0.4, -0.2) is 19.7 Å². The van der Waals surface area contributed by atoms with Gasteiger partial charge in [0.15, 0.2) is 0 Å². The van der Waals surface area contributed by atoms with E-state index in [1.54, 1.807) is 0 Å².